The Bertz CT molecular complexity index is 696. The summed E-state index contributed by atoms with van der Waals surface area (Å²) in [4.78, 5) is 28.3. The van der Waals surface area contributed by atoms with Crippen LogP contribution in [-0.2, 0) is 11.2 Å². The van der Waals surface area contributed by atoms with E-state index in [2.05, 4.69) is 10.3 Å². The van der Waals surface area contributed by atoms with Crippen LogP contribution in [0.15, 0.2) is 29.8 Å². The maximum atomic E-state index is 12.4. The number of aromatic carboxylic acids is 1. The fourth-order valence-corrected chi connectivity index (χ4v) is 3.60. The van der Waals surface area contributed by atoms with E-state index in [0.717, 1.165) is 24.8 Å². The quantitative estimate of drug-likeness (QED) is 0.913. The SMILES string of the molecule is O=C(O)c1cc(NC(=O)C2CCCc3sccc32)ccn1. The molecule has 1 aliphatic rings. The highest BCUT2D eigenvalue weighted by Gasteiger charge is 2.27. The van der Waals surface area contributed by atoms with Crippen molar-refractivity contribution in [3.05, 3.63) is 45.9 Å². The number of anilines is 1. The summed E-state index contributed by atoms with van der Waals surface area (Å²) in [5.41, 5.74) is 1.50. The number of carboxylic acid groups (broad SMARTS) is 1. The maximum Gasteiger partial charge on any atom is 0.354 e. The molecule has 2 N–H and O–H groups in total. The zero-order chi connectivity index (χ0) is 14.8. The van der Waals surface area contributed by atoms with Gasteiger partial charge in [-0.2, -0.15) is 0 Å². The van der Waals surface area contributed by atoms with Crippen molar-refractivity contribution in [3.63, 3.8) is 0 Å². The number of amides is 1. The summed E-state index contributed by atoms with van der Waals surface area (Å²) >= 11 is 1.69. The fourth-order valence-electron chi connectivity index (χ4n) is 2.61. The van der Waals surface area contributed by atoms with Gasteiger partial charge in [-0.15, -0.1) is 11.3 Å². The molecule has 0 saturated carbocycles. The van der Waals surface area contributed by atoms with Crippen LogP contribution in [0.3, 0.4) is 0 Å². The molecule has 0 spiro atoms. The highest BCUT2D eigenvalue weighted by atomic mass is 32.1. The molecule has 1 aliphatic carbocycles. The normalized spacial score (nSPS) is 17.0. The van der Waals surface area contributed by atoms with Gasteiger partial charge < -0.3 is 10.4 Å². The Balaban J connectivity index is 1.79. The molecule has 0 radical (unpaired) electrons. The van der Waals surface area contributed by atoms with Crippen LogP contribution < -0.4 is 5.32 Å². The number of thiophene rings is 1. The summed E-state index contributed by atoms with van der Waals surface area (Å²) in [5.74, 6) is -1.35. The molecule has 21 heavy (non-hydrogen) atoms. The van der Waals surface area contributed by atoms with Crippen LogP contribution in [0.1, 0.15) is 39.7 Å². The Morgan fingerprint density at radius 3 is 3.05 bits per heavy atom. The molecule has 1 amide bonds. The molecule has 5 nitrogen and oxygen atoms in total. The minimum absolute atomic E-state index is 0.0762. The Morgan fingerprint density at radius 1 is 1.38 bits per heavy atom. The number of fused-ring (bicyclic) bond motifs is 1. The number of carboxylic acids is 1. The lowest BCUT2D eigenvalue weighted by molar-refractivity contribution is -0.117. The third-order valence-electron chi connectivity index (χ3n) is 3.62. The molecule has 2 aromatic heterocycles. The summed E-state index contributed by atoms with van der Waals surface area (Å²) in [6, 6.07) is 4.98. The third-order valence-corrected chi connectivity index (χ3v) is 4.61. The lowest BCUT2D eigenvalue weighted by Crippen LogP contribution is -2.24. The van der Waals surface area contributed by atoms with Crippen molar-refractivity contribution in [1.82, 2.24) is 4.98 Å². The number of nitrogens with zero attached hydrogens (tertiary/aromatic N) is 1. The molecule has 0 fully saturated rings. The van der Waals surface area contributed by atoms with E-state index in [-0.39, 0.29) is 17.5 Å². The number of carbonyl (C=O) groups is 2. The molecule has 2 aromatic rings. The van der Waals surface area contributed by atoms with Crippen LogP contribution in [0.2, 0.25) is 0 Å². The number of pyridine rings is 1. The number of hydrogen-bond donors (Lipinski definition) is 2. The van der Waals surface area contributed by atoms with Crippen molar-refractivity contribution < 1.29 is 14.7 Å². The average molecular weight is 302 g/mol. The molecule has 108 valence electrons. The number of carbonyl (C=O) groups excluding carboxylic acids is 1. The van der Waals surface area contributed by atoms with E-state index in [0.29, 0.717) is 5.69 Å². The van der Waals surface area contributed by atoms with Gasteiger partial charge in [0.25, 0.3) is 0 Å². The van der Waals surface area contributed by atoms with Crippen molar-refractivity contribution in [2.45, 2.75) is 25.2 Å². The van der Waals surface area contributed by atoms with Gasteiger partial charge in [-0.3, -0.25) is 4.79 Å². The Hall–Kier alpha value is -2.21. The Kier molecular flexibility index (Phi) is 3.70. The number of aryl methyl sites for hydroxylation is 1. The predicted molar refractivity (Wildman–Crippen MR) is 79.8 cm³/mol. The average Bonchev–Trinajstić information content (AvgIpc) is 2.95. The van der Waals surface area contributed by atoms with E-state index in [1.54, 1.807) is 17.4 Å². The van der Waals surface area contributed by atoms with Gasteiger partial charge in [0, 0.05) is 16.8 Å². The zero-order valence-electron chi connectivity index (χ0n) is 11.2. The van der Waals surface area contributed by atoms with Crippen molar-refractivity contribution >= 4 is 28.9 Å². The van der Waals surface area contributed by atoms with Gasteiger partial charge in [0.05, 0.1) is 5.92 Å². The summed E-state index contributed by atoms with van der Waals surface area (Å²) < 4.78 is 0. The first-order valence-electron chi connectivity index (χ1n) is 6.71. The number of hydrogen-bond acceptors (Lipinski definition) is 4. The first-order chi connectivity index (χ1) is 10.1. The lowest BCUT2D eigenvalue weighted by atomic mass is 9.87. The van der Waals surface area contributed by atoms with Crippen LogP contribution in [0.5, 0.6) is 0 Å². The summed E-state index contributed by atoms with van der Waals surface area (Å²) in [5, 5.41) is 13.7. The lowest BCUT2D eigenvalue weighted by Gasteiger charge is -2.21. The monoisotopic (exact) mass is 302 g/mol. The van der Waals surface area contributed by atoms with E-state index >= 15 is 0 Å². The van der Waals surface area contributed by atoms with Gasteiger partial charge in [-0.25, -0.2) is 9.78 Å². The van der Waals surface area contributed by atoms with Crippen LogP contribution >= 0.6 is 11.3 Å². The molecule has 3 rings (SSSR count). The number of rotatable bonds is 3. The van der Waals surface area contributed by atoms with Gasteiger partial charge in [0.15, 0.2) is 0 Å². The third kappa shape index (κ3) is 2.80. The Labute approximate surface area is 125 Å². The summed E-state index contributed by atoms with van der Waals surface area (Å²) in [6.07, 6.45) is 4.25. The molecular formula is C15H14N2O3S. The first-order valence-corrected chi connectivity index (χ1v) is 7.59. The second kappa shape index (κ2) is 5.65. The van der Waals surface area contributed by atoms with Crippen LogP contribution in [0.4, 0.5) is 5.69 Å². The van der Waals surface area contributed by atoms with Crippen molar-refractivity contribution in [2.75, 3.05) is 5.32 Å². The molecule has 0 saturated heterocycles. The predicted octanol–water partition coefficient (Wildman–Crippen LogP) is 2.90. The zero-order valence-corrected chi connectivity index (χ0v) is 12.0. The smallest absolute Gasteiger partial charge is 0.354 e. The highest BCUT2D eigenvalue weighted by molar-refractivity contribution is 7.10. The van der Waals surface area contributed by atoms with Gasteiger partial charge in [0.1, 0.15) is 5.69 Å². The van der Waals surface area contributed by atoms with E-state index in [4.69, 9.17) is 5.11 Å². The van der Waals surface area contributed by atoms with Crippen molar-refractivity contribution in [3.8, 4) is 0 Å². The van der Waals surface area contributed by atoms with Crippen LogP contribution in [0, 0.1) is 0 Å². The van der Waals surface area contributed by atoms with E-state index in [1.807, 2.05) is 11.4 Å². The number of nitrogens with one attached hydrogen (secondary N) is 1. The molecular weight excluding hydrogens is 288 g/mol. The molecule has 0 aliphatic heterocycles. The minimum atomic E-state index is -1.11. The number of aromatic nitrogens is 1. The van der Waals surface area contributed by atoms with E-state index in [1.165, 1.54) is 17.1 Å². The molecule has 0 bridgehead atoms. The van der Waals surface area contributed by atoms with Gasteiger partial charge >= 0.3 is 5.97 Å². The van der Waals surface area contributed by atoms with E-state index in [9.17, 15) is 9.59 Å². The second-order valence-electron chi connectivity index (χ2n) is 4.97. The van der Waals surface area contributed by atoms with Crippen LogP contribution in [0.25, 0.3) is 0 Å². The molecule has 2 heterocycles. The largest absolute Gasteiger partial charge is 0.477 e. The molecule has 0 aromatic carbocycles. The van der Waals surface area contributed by atoms with Crippen molar-refractivity contribution in [1.29, 1.82) is 0 Å². The molecule has 1 atom stereocenters. The molecule has 1 unspecified atom stereocenters. The Morgan fingerprint density at radius 2 is 2.24 bits per heavy atom. The van der Waals surface area contributed by atoms with Gasteiger partial charge in [-0.05, 0) is 48.4 Å². The maximum absolute atomic E-state index is 12.4. The fraction of sp³-hybridized carbons (Fsp3) is 0.267. The van der Waals surface area contributed by atoms with Crippen molar-refractivity contribution in [2.24, 2.45) is 0 Å². The minimum Gasteiger partial charge on any atom is -0.477 e. The topological polar surface area (TPSA) is 79.3 Å². The van der Waals surface area contributed by atoms with Gasteiger partial charge in [0.2, 0.25) is 5.91 Å². The molecule has 6 heteroatoms. The van der Waals surface area contributed by atoms with Gasteiger partial charge in [-0.1, -0.05) is 0 Å². The highest BCUT2D eigenvalue weighted by Crippen LogP contribution is 2.35. The summed E-state index contributed by atoms with van der Waals surface area (Å²) in [6.45, 7) is 0. The standard InChI is InChI=1S/C15H14N2O3S/c18-14(11-2-1-3-13-10(11)5-7-21-13)17-9-4-6-16-12(8-9)15(19)20/h4-8,11H,1-3H2,(H,19,20)(H,16,17,18). The van der Waals surface area contributed by atoms with E-state index < -0.39 is 5.97 Å². The van der Waals surface area contributed by atoms with Crippen LogP contribution in [-0.4, -0.2) is 22.0 Å². The second-order valence-corrected chi connectivity index (χ2v) is 5.97. The first kappa shape index (κ1) is 13.8. The summed E-state index contributed by atoms with van der Waals surface area (Å²) in [7, 11) is 0.